The van der Waals surface area contributed by atoms with Crippen molar-refractivity contribution in [2.75, 3.05) is 18.4 Å². The number of hydrogen-bond acceptors (Lipinski definition) is 3. The average molecular weight is 340 g/mol. The van der Waals surface area contributed by atoms with E-state index in [1.165, 1.54) is 0 Å². The number of carboxylic acids is 1. The molecule has 0 bridgehead atoms. The van der Waals surface area contributed by atoms with Crippen LogP contribution in [0.4, 0.5) is 10.5 Å². The van der Waals surface area contributed by atoms with Gasteiger partial charge in [0.2, 0.25) is 0 Å². The molecule has 0 spiro atoms. The number of carboxylic acid groups (broad SMARTS) is 1. The zero-order chi connectivity index (χ0) is 17.4. The zero-order valence-electron chi connectivity index (χ0n) is 13.8. The molecule has 2 N–H and O–H groups in total. The van der Waals surface area contributed by atoms with Crippen LogP contribution in [0.3, 0.4) is 0 Å². The molecule has 1 saturated carbocycles. The van der Waals surface area contributed by atoms with Crippen molar-refractivity contribution in [3.8, 4) is 5.69 Å². The van der Waals surface area contributed by atoms with E-state index >= 15 is 0 Å². The average Bonchev–Trinajstić information content (AvgIpc) is 3.31. The Labute approximate surface area is 145 Å². The van der Waals surface area contributed by atoms with E-state index in [0.29, 0.717) is 18.7 Å². The van der Waals surface area contributed by atoms with Crippen LogP contribution in [-0.4, -0.2) is 44.9 Å². The van der Waals surface area contributed by atoms with Crippen LogP contribution in [0.5, 0.6) is 0 Å². The fourth-order valence-corrected chi connectivity index (χ4v) is 4.18. The van der Waals surface area contributed by atoms with Crippen LogP contribution in [0.25, 0.3) is 5.69 Å². The lowest BCUT2D eigenvalue weighted by Gasteiger charge is -2.23. The number of fused-ring (bicyclic) bond motifs is 1. The number of carbonyl (C=O) groups excluding carboxylic acids is 1. The Balaban J connectivity index is 1.54. The lowest BCUT2D eigenvalue weighted by atomic mass is 9.81. The summed E-state index contributed by atoms with van der Waals surface area (Å²) in [5.74, 6) is -0.723. The van der Waals surface area contributed by atoms with Crippen LogP contribution >= 0.6 is 0 Å². The van der Waals surface area contributed by atoms with Crippen LogP contribution < -0.4 is 5.32 Å². The van der Waals surface area contributed by atoms with Gasteiger partial charge in [-0.3, -0.25) is 4.79 Å². The second-order valence-corrected chi connectivity index (χ2v) is 6.83. The number of nitrogens with one attached hydrogen (secondary N) is 1. The second kappa shape index (κ2) is 5.91. The number of para-hydroxylation sites is 2. The molecular formula is C18H20N4O3. The number of rotatable bonds is 3. The third-order valence-corrected chi connectivity index (χ3v) is 5.48. The van der Waals surface area contributed by atoms with Crippen molar-refractivity contribution >= 4 is 17.7 Å². The molecule has 25 heavy (non-hydrogen) atoms. The van der Waals surface area contributed by atoms with E-state index < -0.39 is 11.4 Å². The van der Waals surface area contributed by atoms with Gasteiger partial charge in [-0.25, -0.2) is 9.48 Å². The highest BCUT2D eigenvalue weighted by Crippen LogP contribution is 2.48. The number of aromatic nitrogens is 2. The zero-order valence-corrected chi connectivity index (χ0v) is 13.8. The van der Waals surface area contributed by atoms with E-state index in [1.54, 1.807) is 15.8 Å². The molecule has 2 fully saturated rings. The molecule has 7 nitrogen and oxygen atoms in total. The topological polar surface area (TPSA) is 87.5 Å². The highest BCUT2D eigenvalue weighted by molar-refractivity contribution is 5.92. The van der Waals surface area contributed by atoms with Crippen LogP contribution in [-0.2, 0) is 4.79 Å². The summed E-state index contributed by atoms with van der Waals surface area (Å²) in [4.78, 5) is 26.1. The molecule has 1 aromatic heterocycles. The van der Waals surface area contributed by atoms with E-state index in [-0.39, 0.29) is 18.5 Å². The lowest BCUT2D eigenvalue weighted by molar-refractivity contribution is -0.149. The molecule has 4 rings (SSSR count). The van der Waals surface area contributed by atoms with E-state index in [2.05, 4.69) is 10.4 Å². The Morgan fingerprint density at radius 3 is 2.84 bits per heavy atom. The molecule has 0 unspecified atom stereocenters. The van der Waals surface area contributed by atoms with Crippen molar-refractivity contribution in [2.24, 2.45) is 11.3 Å². The van der Waals surface area contributed by atoms with Gasteiger partial charge in [-0.1, -0.05) is 18.6 Å². The van der Waals surface area contributed by atoms with Crippen molar-refractivity contribution in [1.29, 1.82) is 0 Å². The van der Waals surface area contributed by atoms with Gasteiger partial charge in [0.15, 0.2) is 0 Å². The maximum absolute atomic E-state index is 12.7. The van der Waals surface area contributed by atoms with Gasteiger partial charge in [-0.05, 0) is 37.0 Å². The van der Waals surface area contributed by atoms with Crippen LogP contribution in [0.2, 0.25) is 0 Å². The van der Waals surface area contributed by atoms with Gasteiger partial charge in [0.25, 0.3) is 0 Å². The minimum absolute atomic E-state index is 0.0529. The Morgan fingerprint density at radius 1 is 1.28 bits per heavy atom. The predicted octanol–water partition coefficient (Wildman–Crippen LogP) is 2.59. The molecule has 130 valence electrons. The molecule has 7 heteroatoms. The molecule has 2 aliphatic rings. The van der Waals surface area contributed by atoms with Gasteiger partial charge in [-0.2, -0.15) is 5.10 Å². The maximum Gasteiger partial charge on any atom is 0.321 e. The summed E-state index contributed by atoms with van der Waals surface area (Å²) >= 11 is 0. The van der Waals surface area contributed by atoms with Crippen molar-refractivity contribution < 1.29 is 14.7 Å². The summed E-state index contributed by atoms with van der Waals surface area (Å²) in [5.41, 5.74) is 0.657. The minimum Gasteiger partial charge on any atom is -0.481 e. The van der Waals surface area contributed by atoms with E-state index in [0.717, 1.165) is 18.5 Å². The molecule has 0 radical (unpaired) electrons. The Morgan fingerprint density at radius 2 is 2.12 bits per heavy atom. The van der Waals surface area contributed by atoms with Crippen molar-refractivity contribution in [3.05, 3.63) is 42.7 Å². The van der Waals surface area contributed by atoms with Crippen LogP contribution in [0.15, 0.2) is 42.7 Å². The van der Waals surface area contributed by atoms with E-state index in [1.807, 2.05) is 36.5 Å². The summed E-state index contributed by atoms with van der Waals surface area (Å²) in [7, 11) is 0. The molecular weight excluding hydrogens is 320 g/mol. The quantitative estimate of drug-likeness (QED) is 0.899. The normalized spacial score (nSPS) is 25.0. The van der Waals surface area contributed by atoms with Gasteiger partial charge in [-0.15, -0.1) is 0 Å². The summed E-state index contributed by atoms with van der Waals surface area (Å²) in [6.07, 6.45) is 5.94. The molecule has 1 saturated heterocycles. The molecule has 2 aromatic rings. The first-order chi connectivity index (χ1) is 12.1. The molecule has 2 atom stereocenters. The number of nitrogens with zero attached hydrogens (tertiary/aromatic N) is 3. The Bertz CT molecular complexity index is 804. The van der Waals surface area contributed by atoms with Crippen molar-refractivity contribution in [1.82, 2.24) is 14.7 Å². The lowest BCUT2D eigenvalue weighted by Crippen LogP contribution is -2.38. The first-order valence-electron chi connectivity index (χ1n) is 8.48. The fourth-order valence-electron chi connectivity index (χ4n) is 4.18. The van der Waals surface area contributed by atoms with Gasteiger partial charge in [0.05, 0.1) is 16.8 Å². The number of amides is 2. The van der Waals surface area contributed by atoms with Crippen LogP contribution in [0.1, 0.15) is 19.3 Å². The molecule has 2 amide bonds. The number of anilines is 1. The molecule has 2 heterocycles. The summed E-state index contributed by atoms with van der Waals surface area (Å²) in [6, 6.07) is 8.98. The molecule has 1 aliphatic heterocycles. The largest absolute Gasteiger partial charge is 0.481 e. The number of likely N-dealkylation sites (tertiary alicyclic amines) is 1. The fraction of sp³-hybridized carbons (Fsp3) is 0.389. The molecule has 1 aromatic carbocycles. The Hall–Kier alpha value is -2.83. The SMILES string of the molecule is O=C(Nc1ccccc1-n1cccn1)N1C[C@@H]2CCC[C@@]2(C(=O)O)C1. The molecule has 1 aliphatic carbocycles. The van der Waals surface area contributed by atoms with Gasteiger partial charge in [0.1, 0.15) is 0 Å². The highest BCUT2D eigenvalue weighted by atomic mass is 16.4. The predicted molar refractivity (Wildman–Crippen MR) is 91.6 cm³/mol. The first kappa shape index (κ1) is 15.7. The van der Waals surface area contributed by atoms with Gasteiger partial charge < -0.3 is 15.3 Å². The number of benzene rings is 1. The highest BCUT2D eigenvalue weighted by Gasteiger charge is 2.55. The number of carbonyl (C=O) groups is 2. The second-order valence-electron chi connectivity index (χ2n) is 6.83. The smallest absolute Gasteiger partial charge is 0.321 e. The summed E-state index contributed by atoms with van der Waals surface area (Å²) in [5, 5.41) is 16.8. The van der Waals surface area contributed by atoms with Gasteiger partial charge in [0, 0.05) is 25.5 Å². The van der Waals surface area contributed by atoms with E-state index in [4.69, 9.17) is 0 Å². The number of aliphatic carboxylic acids is 1. The maximum atomic E-state index is 12.7. The van der Waals surface area contributed by atoms with Crippen molar-refractivity contribution in [2.45, 2.75) is 19.3 Å². The minimum atomic E-state index is -0.776. The Kier molecular flexibility index (Phi) is 3.71. The van der Waals surface area contributed by atoms with Gasteiger partial charge >= 0.3 is 12.0 Å². The third-order valence-electron chi connectivity index (χ3n) is 5.48. The first-order valence-corrected chi connectivity index (χ1v) is 8.48. The monoisotopic (exact) mass is 340 g/mol. The third kappa shape index (κ3) is 2.56. The number of urea groups is 1. The summed E-state index contributed by atoms with van der Waals surface area (Å²) in [6.45, 7) is 0.783. The number of hydrogen-bond donors (Lipinski definition) is 2. The van der Waals surface area contributed by atoms with Crippen molar-refractivity contribution in [3.63, 3.8) is 0 Å². The van der Waals surface area contributed by atoms with Crippen LogP contribution in [0, 0.1) is 11.3 Å². The van der Waals surface area contributed by atoms with E-state index in [9.17, 15) is 14.7 Å². The summed E-state index contributed by atoms with van der Waals surface area (Å²) < 4.78 is 1.69. The standard InChI is InChI=1S/C18H20N4O3/c23-16(24)18-8-3-5-13(18)11-21(12-18)17(25)20-14-6-1-2-7-15(14)22-10-4-9-19-22/h1-2,4,6-7,9-10,13H,3,5,8,11-12H2,(H,20,25)(H,23,24)/t13-,18+/m0/s1.